The van der Waals surface area contributed by atoms with Crippen LogP contribution in [-0.2, 0) is 0 Å². The van der Waals surface area contributed by atoms with Crippen LogP contribution < -0.4 is 5.73 Å². The molecule has 14 heavy (non-hydrogen) atoms. The van der Waals surface area contributed by atoms with Crippen LogP contribution in [-0.4, -0.2) is 5.54 Å². The van der Waals surface area contributed by atoms with E-state index in [4.69, 9.17) is 5.73 Å². The third kappa shape index (κ3) is 11.7. The van der Waals surface area contributed by atoms with Gasteiger partial charge in [0.15, 0.2) is 0 Å². The lowest BCUT2D eigenvalue weighted by atomic mass is 9.98. The molecule has 0 amide bonds. The monoisotopic (exact) mass is 196 g/mol. The summed E-state index contributed by atoms with van der Waals surface area (Å²) in [6.07, 6.45) is 13.1. The van der Waals surface area contributed by atoms with Crippen molar-refractivity contribution in [1.82, 2.24) is 5.73 Å². The summed E-state index contributed by atoms with van der Waals surface area (Å²) in [6, 6.07) is 0. The fraction of sp³-hybridized carbons (Fsp3) is 0.846. The third-order valence-electron chi connectivity index (χ3n) is 2.31. The van der Waals surface area contributed by atoms with Gasteiger partial charge in [-0.25, -0.2) is 0 Å². The van der Waals surface area contributed by atoms with Gasteiger partial charge in [0.1, 0.15) is 0 Å². The Bertz CT molecular complexity index is 142. The molecule has 0 aromatic carbocycles. The minimum absolute atomic E-state index is 0.230. The van der Waals surface area contributed by atoms with Crippen molar-refractivity contribution in [2.75, 3.05) is 0 Å². The van der Waals surface area contributed by atoms with E-state index in [2.05, 4.69) is 19.1 Å². The maximum atomic E-state index is 7.69. The van der Waals surface area contributed by atoms with Crippen molar-refractivity contribution in [1.29, 1.82) is 0 Å². The molecule has 0 atom stereocenters. The molecule has 83 valence electrons. The molecule has 0 aliphatic heterocycles. The van der Waals surface area contributed by atoms with E-state index < -0.39 is 0 Å². The molecule has 0 unspecified atom stereocenters. The molecule has 0 rings (SSSR count). The standard InChI is InChI=1S/C13H26N/c1-4-5-6-7-8-9-10-11-12-13(2,3)14/h7-8,14H,4-6,9-12H2,1-3H3. The zero-order valence-electron chi connectivity index (χ0n) is 10.1. The van der Waals surface area contributed by atoms with Gasteiger partial charge < -0.3 is 0 Å². The highest BCUT2D eigenvalue weighted by Crippen LogP contribution is 2.12. The predicted molar refractivity (Wildman–Crippen MR) is 64.3 cm³/mol. The summed E-state index contributed by atoms with van der Waals surface area (Å²) < 4.78 is 0. The number of hydrogen-bond donors (Lipinski definition) is 0. The second-order valence-electron chi connectivity index (χ2n) is 4.74. The first-order valence-corrected chi connectivity index (χ1v) is 5.96. The van der Waals surface area contributed by atoms with E-state index in [9.17, 15) is 0 Å². The highest BCUT2D eigenvalue weighted by Gasteiger charge is 2.09. The van der Waals surface area contributed by atoms with Gasteiger partial charge in [0, 0.05) is 5.54 Å². The first-order chi connectivity index (χ1) is 6.56. The SMILES string of the molecule is CCCCC=CCCCCC(C)(C)[NH]. The fourth-order valence-electron chi connectivity index (χ4n) is 1.39. The highest BCUT2D eigenvalue weighted by molar-refractivity contribution is 4.81. The van der Waals surface area contributed by atoms with Gasteiger partial charge in [-0.15, -0.1) is 0 Å². The van der Waals surface area contributed by atoms with Crippen molar-refractivity contribution < 1.29 is 0 Å². The average Bonchev–Trinajstić information content (AvgIpc) is 2.08. The molecule has 0 bridgehead atoms. The smallest absolute Gasteiger partial charge is 0.0267 e. The number of hydrogen-bond acceptors (Lipinski definition) is 0. The topological polar surface area (TPSA) is 23.8 Å². The van der Waals surface area contributed by atoms with Gasteiger partial charge >= 0.3 is 0 Å². The molecule has 0 aromatic heterocycles. The van der Waals surface area contributed by atoms with E-state index in [1.165, 1.54) is 38.5 Å². The van der Waals surface area contributed by atoms with Crippen LogP contribution in [0.2, 0.25) is 0 Å². The molecule has 1 N–H and O–H groups in total. The quantitative estimate of drug-likeness (QED) is 0.407. The van der Waals surface area contributed by atoms with Crippen LogP contribution >= 0.6 is 0 Å². The predicted octanol–water partition coefficient (Wildman–Crippen LogP) is 4.35. The number of rotatable bonds is 8. The third-order valence-corrected chi connectivity index (χ3v) is 2.31. The van der Waals surface area contributed by atoms with Gasteiger partial charge in [-0.3, -0.25) is 5.73 Å². The van der Waals surface area contributed by atoms with Crippen LogP contribution in [0.5, 0.6) is 0 Å². The molecule has 0 aliphatic carbocycles. The lowest BCUT2D eigenvalue weighted by Gasteiger charge is -2.15. The van der Waals surface area contributed by atoms with Crippen molar-refractivity contribution in [3.63, 3.8) is 0 Å². The van der Waals surface area contributed by atoms with Gasteiger partial charge in [-0.05, 0) is 39.5 Å². The number of unbranched alkanes of at least 4 members (excludes halogenated alkanes) is 4. The Labute approximate surface area is 89.8 Å². The Kier molecular flexibility index (Phi) is 7.87. The van der Waals surface area contributed by atoms with E-state index in [1.54, 1.807) is 0 Å². The maximum absolute atomic E-state index is 7.69. The van der Waals surface area contributed by atoms with Crippen molar-refractivity contribution in [2.24, 2.45) is 0 Å². The molecule has 0 saturated heterocycles. The minimum atomic E-state index is -0.230. The van der Waals surface area contributed by atoms with E-state index in [1.807, 2.05) is 13.8 Å². The number of nitrogens with one attached hydrogen (secondary N) is 1. The summed E-state index contributed by atoms with van der Waals surface area (Å²) in [4.78, 5) is 0. The molecule has 0 spiro atoms. The summed E-state index contributed by atoms with van der Waals surface area (Å²) in [5, 5.41) is 0. The Morgan fingerprint density at radius 2 is 1.57 bits per heavy atom. The summed E-state index contributed by atoms with van der Waals surface area (Å²) >= 11 is 0. The average molecular weight is 196 g/mol. The van der Waals surface area contributed by atoms with Crippen molar-refractivity contribution in [3.8, 4) is 0 Å². The molecule has 0 saturated carbocycles. The summed E-state index contributed by atoms with van der Waals surface area (Å²) in [5.41, 5.74) is 7.45. The fourth-order valence-corrected chi connectivity index (χ4v) is 1.39. The van der Waals surface area contributed by atoms with Gasteiger partial charge in [0.2, 0.25) is 0 Å². The molecular weight excluding hydrogens is 170 g/mol. The molecule has 0 heterocycles. The maximum Gasteiger partial charge on any atom is 0.0267 e. The second kappa shape index (κ2) is 8.05. The van der Waals surface area contributed by atoms with Crippen molar-refractivity contribution >= 4 is 0 Å². The van der Waals surface area contributed by atoms with Gasteiger partial charge in [-0.1, -0.05) is 38.3 Å². The molecule has 0 aromatic rings. The van der Waals surface area contributed by atoms with Crippen LogP contribution in [0.15, 0.2) is 12.2 Å². The lowest BCUT2D eigenvalue weighted by molar-refractivity contribution is 0.437. The van der Waals surface area contributed by atoms with E-state index in [-0.39, 0.29) is 5.54 Å². The first kappa shape index (κ1) is 13.7. The number of allylic oxidation sites excluding steroid dienone is 2. The first-order valence-electron chi connectivity index (χ1n) is 5.96. The van der Waals surface area contributed by atoms with E-state index in [0.717, 1.165) is 6.42 Å². The van der Waals surface area contributed by atoms with Crippen LogP contribution in [0.25, 0.3) is 0 Å². The molecule has 1 heteroatoms. The van der Waals surface area contributed by atoms with Crippen molar-refractivity contribution in [3.05, 3.63) is 12.2 Å². The Morgan fingerprint density at radius 3 is 2.07 bits per heavy atom. The normalized spacial score (nSPS) is 12.6. The Balaban J connectivity index is 3.17. The molecule has 0 aliphatic rings. The van der Waals surface area contributed by atoms with Gasteiger partial charge in [0.25, 0.3) is 0 Å². The van der Waals surface area contributed by atoms with Crippen LogP contribution in [0.3, 0.4) is 0 Å². The highest BCUT2D eigenvalue weighted by atomic mass is 14.7. The zero-order valence-corrected chi connectivity index (χ0v) is 10.1. The van der Waals surface area contributed by atoms with Crippen LogP contribution in [0.4, 0.5) is 0 Å². The minimum Gasteiger partial charge on any atom is -0.252 e. The molecule has 1 nitrogen and oxygen atoms in total. The largest absolute Gasteiger partial charge is 0.252 e. The molecule has 0 fully saturated rings. The van der Waals surface area contributed by atoms with Crippen LogP contribution in [0, 0.1) is 0 Å². The Hall–Kier alpha value is -0.300. The van der Waals surface area contributed by atoms with Crippen molar-refractivity contribution in [2.45, 2.75) is 71.3 Å². The van der Waals surface area contributed by atoms with E-state index in [0.29, 0.717) is 0 Å². The lowest BCUT2D eigenvalue weighted by Crippen LogP contribution is -2.20. The zero-order chi connectivity index (χ0) is 10.9. The summed E-state index contributed by atoms with van der Waals surface area (Å²) in [6.45, 7) is 6.21. The van der Waals surface area contributed by atoms with E-state index >= 15 is 0 Å². The van der Waals surface area contributed by atoms with Gasteiger partial charge in [0.05, 0.1) is 0 Å². The summed E-state index contributed by atoms with van der Waals surface area (Å²) in [7, 11) is 0. The van der Waals surface area contributed by atoms with Gasteiger partial charge in [-0.2, -0.15) is 0 Å². The second-order valence-corrected chi connectivity index (χ2v) is 4.74. The van der Waals surface area contributed by atoms with Crippen LogP contribution in [0.1, 0.15) is 65.7 Å². The summed E-state index contributed by atoms with van der Waals surface area (Å²) in [5.74, 6) is 0. The molecule has 1 radical (unpaired) electrons. The Morgan fingerprint density at radius 1 is 1.00 bits per heavy atom. The molecular formula is C13H26N.